The van der Waals surface area contributed by atoms with Gasteiger partial charge < -0.3 is 9.47 Å². The number of sulfonamides is 1. The van der Waals surface area contributed by atoms with Crippen molar-refractivity contribution in [2.45, 2.75) is 44.0 Å². The standard InChI is InChI=1S/C27H38N4O4S/c1-20(2)16-22-9-12-26-25(17-31(4)28-26)27(22)29-36(32,33)24-10-7-21(8-11-24)6-5-14-34-18-23-19-35-15-13-30(23)3/h7-12,17,20,23,29H,5-6,13-16,18-19H2,1-4H3/t23-/m1/s1. The lowest BCUT2D eigenvalue weighted by atomic mass is 10.00. The number of aromatic nitrogens is 2. The monoisotopic (exact) mass is 514 g/mol. The van der Waals surface area contributed by atoms with E-state index in [9.17, 15) is 8.42 Å². The first-order valence-electron chi connectivity index (χ1n) is 12.7. The number of nitrogens with one attached hydrogen (secondary N) is 1. The van der Waals surface area contributed by atoms with Crippen molar-refractivity contribution in [3.63, 3.8) is 0 Å². The molecule has 4 rings (SSSR count). The third-order valence-electron chi connectivity index (χ3n) is 6.57. The van der Waals surface area contributed by atoms with E-state index in [1.54, 1.807) is 16.8 Å². The van der Waals surface area contributed by atoms with Crippen molar-refractivity contribution in [2.75, 3.05) is 44.7 Å². The molecule has 0 amide bonds. The Morgan fingerprint density at radius 1 is 1.17 bits per heavy atom. The van der Waals surface area contributed by atoms with Gasteiger partial charge in [0.05, 0.1) is 42.0 Å². The molecule has 1 aromatic heterocycles. The van der Waals surface area contributed by atoms with Gasteiger partial charge in [-0.05, 0) is 61.6 Å². The Hall–Kier alpha value is -2.46. The molecule has 196 valence electrons. The van der Waals surface area contributed by atoms with Gasteiger partial charge >= 0.3 is 0 Å². The summed E-state index contributed by atoms with van der Waals surface area (Å²) in [5, 5.41) is 5.25. The summed E-state index contributed by atoms with van der Waals surface area (Å²) in [6.45, 7) is 8.02. The lowest BCUT2D eigenvalue weighted by Crippen LogP contribution is -2.45. The van der Waals surface area contributed by atoms with Crippen molar-refractivity contribution in [1.82, 2.24) is 14.7 Å². The Labute approximate surface area is 214 Å². The van der Waals surface area contributed by atoms with Gasteiger partial charge in [-0.15, -0.1) is 0 Å². The van der Waals surface area contributed by atoms with Crippen molar-refractivity contribution in [1.29, 1.82) is 0 Å². The molecule has 1 saturated heterocycles. The van der Waals surface area contributed by atoms with E-state index in [-0.39, 0.29) is 4.90 Å². The van der Waals surface area contributed by atoms with Crippen LogP contribution >= 0.6 is 0 Å². The molecule has 1 atom stereocenters. The molecule has 0 bridgehead atoms. The Morgan fingerprint density at radius 3 is 2.67 bits per heavy atom. The molecule has 3 aromatic rings. The van der Waals surface area contributed by atoms with Crippen LogP contribution in [0.25, 0.3) is 10.9 Å². The number of anilines is 1. The fourth-order valence-corrected chi connectivity index (χ4v) is 5.65. The van der Waals surface area contributed by atoms with Crippen LogP contribution in [0.2, 0.25) is 0 Å². The molecule has 0 aliphatic carbocycles. The van der Waals surface area contributed by atoms with E-state index < -0.39 is 10.0 Å². The number of nitrogens with zero attached hydrogens (tertiary/aromatic N) is 3. The number of aryl methyl sites for hydroxylation is 2. The van der Waals surface area contributed by atoms with Crippen molar-refractivity contribution >= 4 is 26.6 Å². The largest absolute Gasteiger partial charge is 0.380 e. The molecule has 1 fully saturated rings. The molecule has 2 heterocycles. The molecule has 1 aliphatic heterocycles. The zero-order chi connectivity index (χ0) is 25.7. The molecule has 8 nitrogen and oxygen atoms in total. The van der Waals surface area contributed by atoms with Crippen LogP contribution in [0.1, 0.15) is 31.4 Å². The minimum Gasteiger partial charge on any atom is -0.380 e. The van der Waals surface area contributed by atoms with Gasteiger partial charge in [-0.3, -0.25) is 14.3 Å². The Kier molecular flexibility index (Phi) is 8.66. The summed E-state index contributed by atoms with van der Waals surface area (Å²) < 4.78 is 42.6. The van der Waals surface area contributed by atoms with Gasteiger partial charge in [0.15, 0.2) is 0 Å². The number of rotatable bonds is 11. The zero-order valence-corrected chi connectivity index (χ0v) is 22.6. The number of morpholine rings is 1. The molecular weight excluding hydrogens is 476 g/mol. The number of hydrogen-bond acceptors (Lipinski definition) is 6. The van der Waals surface area contributed by atoms with Gasteiger partial charge in [0, 0.05) is 31.8 Å². The molecule has 0 radical (unpaired) electrons. The van der Waals surface area contributed by atoms with E-state index in [1.165, 1.54) is 0 Å². The van der Waals surface area contributed by atoms with Gasteiger partial charge in [0.25, 0.3) is 10.0 Å². The molecule has 0 saturated carbocycles. The van der Waals surface area contributed by atoms with Crippen molar-refractivity contribution in [2.24, 2.45) is 13.0 Å². The predicted octanol–water partition coefficient (Wildman–Crippen LogP) is 3.85. The summed E-state index contributed by atoms with van der Waals surface area (Å²) in [6, 6.07) is 11.4. The smallest absolute Gasteiger partial charge is 0.261 e. The second-order valence-electron chi connectivity index (χ2n) is 10.1. The molecule has 1 N–H and O–H groups in total. The van der Waals surface area contributed by atoms with E-state index in [0.717, 1.165) is 54.4 Å². The lowest BCUT2D eigenvalue weighted by molar-refractivity contribution is -0.0322. The molecule has 0 unspecified atom stereocenters. The highest BCUT2D eigenvalue weighted by Gasteiger charge is 2.21. The van der Waals surface area contributed by atoms with E-state index in [0.29, 0.717) is 37.5 Å². The normalized spacial score (nSPS) is 17.2. The fourth-order valence-electron chi connectivity index (χ4n) is 4.53. The SMILES string of the molecule is CC(C)Cc1ccc2nn(C)cc2c1NS(=O)(=O)c1ccc(CCCOC[C@@H]2COCCN2C)cc1. The highest BCUT2D eigenvalue weighted by molar-refractivity contribution is 7.92. The highest BCUT2D eigenvalue weighted by atomic mass is 32.2. The van der Waals surface area contributed by atoms with Gasteiger partial charge in [0.1, 0.15) is 0 Å². The van der Waals surface area contributed by atoms with Crippen molar-refractivity contribution in [3.05, 3.63) is 53.7 Å². The highest BCUT2D eigenvalue weighted by Crippen LogP contribution is 2.31. The first-order chi connectivity index (χ1) is 17.2. The second-order valence-corrected chi connectivity index (χ2v) is 11.8. The molecule has 1 aliphatic rings. The number of ether oxygens (including phenoxy) is 2. The van der Waals surface area contributed by atoms with Crippen LogP contribution < -0.4 is 4.72 Å². The van der Waals surface area contributed by atoms with Crippen LogP contribution in [0.5, 0.6) is 0 Å². The van der Waals surface area contributed by atoms with Crippen LogP contribution in [-0.2, 0) is 39.4 Å². The Bertz CT molecular complexity index is 1250. The van der Waals surface area contributed by atoms with Crippen LogP contribution in [0.4, 0.5) is 5.69 Å². The molecule has 2 aromatic carbocycles. The number of hydrogen-bond donors (Lipinski definition) is 1. The number of likely N-dealkylation sites (N-methyl/N-ethyl adjacent to an activating group) is 1. The van der Waals surface area contributed by atoms with Crippen molar-refractivity contribution in [3.8, 4) is 0 Å². The van der Waals surface area contributed by atoms with Crippen LogP contribution in [0.3, 0.4) is 0 Å². The maximum atomic E-state index is 13.3. The average molecular weight is 515 g/mol. The lowest BCUT2D eigenvalue weighted by Gasteiger charge is -2.32. The summed E-state index contributed by atoms with van der Waals surface area (Å²) in [6.07, 6.45) is 4.34. The van der Waals surface area contributed by atoms with E-state index >= 15 is 0 Å². The molecule has 0 spiro atoms. The molecule has 9 heteroatoms. The minimum absolute atomic E-state index is 0.249. The van der Waals surface area contributed by atoms with E-state index in [2.05, 4.69) is 35.6 Å². The minimum atomic E-state index is -3.75. The Morgan fingerprint density at radius 2 is 1.94 bits per heavy atom. The summed E-state index contributed by atoms with van der Waals surface area (Å²) in [7, 11) is 0.195. The summed E-state index contributed by atoms with van der Waals surface area (Å²) in [5.74, 6) is 0.391. The third-order valence-corrected chi connectivity index (χ3v) is 7.94. The van der Waals surface area contributed by atoms with Crippen LogP contribution in [0, 0.1) is 5.92 Å². The fraction of sp³-hybridized carbons (Fsp3) is 0.519. The van der Waals surface area contributed by atoms with Crippen LogP contribution in [0.15, 0.2) is 47.5 Å². The second kappa shape index (κ2) is 11.7. The Balaban J connectivity index is 1.38. The third kappa shape index (κ3) is 6.64. The number of fused-ring (bicyclic) bond motifs is 1. The van der Waals surface area contributed by atoms with E-state index in [4.69, 9.17) is 9.47 Å². The van der Waals surface area contributed by atoms with E-state index in [1.807, 2.05) is 37.5 Å². The summed E-state index contributed by atoms with van der Waals surface area (Å²) in [4.78, 5) is 2.52. The molecular formula is C27H38N4O4S. The van der Waals surface area contributed by atoms with Crippen LogP contribution in [-0.4, -0.2) is 69.2 Å². The topological polar surface area (TPSA) is 85.7 Å². The molecule has 36 heavy (non-hydrogen) atoms. The average Bonchev–Trinajstić information content (AvgIpc) is 3.22. The predicted molar refractivity (Wildman–Crippen MR) is 143 cm³/mol. The summed E-state index contributed by atoms with van der Waals surface area (Å²) >= 11 is 0. The van der Waals surface area contributed by atoms with Crippen molar-refractivity contribution < 1.29 is 17.9 Å². The maximum absolute atomic E-state index is 13.3. The quantitative estimate of drug-likeness (QED) is 0.391. The van der Waals surface area contributed by atoms with Gasteiger partial charge in [-0.1, -0.05) is 32.0 Å². The maximum Gasteiger partial charge on any atom is 0.261 e. The first kappa shape index (κ1) is 26.6. The zero-order valence-electron chi connectivity index (χ0n) is 21.7. The van der Waals surface area contributed by atoms with Gasteiger partial charge in [0.2, 0.25) is 0 Å². The van der Waals surface area contributed by atoms with Gasteiger partial charge in [-0.25, -0.2) is 8.42 Å². The number of benzene rings is 2. The van der Waals surface area contributed by atoms with Gasteiger partial charge in [-0.2, -0.15) is 5.10 Å². The first-order valence-corrected chi connectivity index (χ1v) is 14.1. The summed E-state index contributed by atoms with van der Waals surface area (Å²) in [5.41, 5.74) is 3.44.